The minimum atomic E-state index is 0. The molecule has 4 rings (SSSR count). The Morgan fingerprint density at radius 1 is 1.29 bits per heavy atom. The zero-order chi connectivity index (χ0) is 13.4. The predicted molar refractivity (Wildman–Crippen MR) is 90.4 cm³/mol. The van der Waals surface area contributed by atoms with Crippen LogP contribution in [-0.2, 0) is 6.54 Å². The molecule has 118 valence electrons. The second-order valence-corrected chi connectivity index (χ2v) is 7.76. The van der Waals surface area contributed by atoms with E-state index in [1.807, 2.05) is 11.3 Å². The third kappa shape index (κ3) is 3.14. The van der Waals surface area contributed by atoms with Gasteiger partial charge in [0.1, 0.15) is 0 Å². The number of hydrogen-bond donors (Lipinski definition) is 1. The zero-order valence-corrected chi connectivity index (χ0v) is 14.3. The highest BCUT2D eigenvalue weighted by atomic mass is 35.5. The van der Waals surface area contributed by atoms with Crippen molar-refractivity contribution in [2.75, 3.05) is 19.6 Å². The van der Waals surface area contributed by atoms with Crippen LogP contribution in [0.3, 0.4) is 0 Å². The van der Waals surface area contributed by atoms with E-state index >= 15 is 0 Å². The second kappa shape index (κ2) is 6.53. The van der Waals surface area contributed by atoms with Gasteiger partial charge >= 0.3 is 0 Å². The molecule has 1 spiro atoms. The highest BCUT2D eigenvalue weighted by Crippen LogP contribution is 2.43. The number of piperazine rings is 1. The monoisotopic (exact) mass is 327 g/mol. The summed E-state index contributed by atoms with van der Waals surface area (Å²) < 4.78 is 0. The standard InChI is InChI=1S/C16H25N3S.ClH/c1-2-6-16(7-3-1)11-17-8-9-19(16)10-14-15(13-4-5-13)18-12-20-14;/h12-13,17H,1-11H2;1H. The molecule has 2 aliphatic carbocycles. The minimum absolute atomic E-state index is 0. The molecule has 0 amide bonds. The molecule has 0 aromatic carbocycles. The molecule has 0 radical (unpaired) electrons. The first-order valence-corrected chi connectivity index (χ1v) is 9.13. The Balaban J connectivity index is 0.00000132. The van der Waals surface area contributed by atoms with Gasteiger partial charge in [-0.15, -0.1) is 23.7 Å². The molecule has 3 nitrogen and oxygen atoms in total. The first-order valence-electron chi connectivity index (χ1n) is 8.25. The van der Waals surface area contributed by atoms with Crippen LogP contribution in [0.5, 0.6) is 0 Å². The molecular weight excluding hydrogens is 302 g/mol. The van der Waals surface area contributed by atoms with Crippen LogP contribution in [0, 0.1) is 0 Å². The van der Waals surface area contributed by atoms with E-state index in [4.69, 9.17) is 0 Å². The van der Waals surface area contributed by atoms with Crippen molar-refractivity contribution >= 4 is 23.7 Å². The maximum atomic E-state index is 4.65. The summed E-state index contributed by atoms with van der Waals surface area (Å²) >= 11 is 1.89. The van der Waals surface area contributed by atoms with Gasteiger partial charge in [-0.1, -0.05) is 19.3 Å². The molecule has 1 aromatic heterocycles. The van der Waals surface area contributed by atoms with Crippen molar-refractivity contribution in [2.24, 2.45) is 0 Å². The van der Waals surface area contributed by atoms with Crippen molar-refractivity contribution in [2.45, 2.75) is 62.9 Å². The van der Waals surface area contributed by atoms with Crippen LogP contribution in [0.25, 0.3) is 0 Å². The highest BCUT2D eigenvalue weighted by molar-refractivity contribution is 7.09. The number of nitrogens with one attached hydrogen (secondary N) is 1. The lowest BCUT2D eigenvalue weighted by Gasteiger charge is -2.50. The van der Waals surface area contributed by atoms with Crippen LogP contribution >= 0.6 is 23.7 Å². The SMILES string of the molecule is Cl.c1nc(C2CC2)c(CN2CCNCC23CCCCC3)s1. The quantitative estimate of drug-likeness (QED) is 0.920. The van der Waals surface area contributed by atoms with Crippen LogP contribution in [0.4, 0.5) is 0 Å². The molecule has 3 fully saturated rings. The molecule has 5 heteroatoms. The third-order valence-electron chi connectivity index (χ3n) is 5.44. The fraction of sp³-hybridized carbons (Fsp3) is 0.812. The van der Waals surface area contributed by atoms with E-state index in [-0.39, 0.29) is 12.4 Å². The first-order chi connectivity index (χ1) is 9.87. The van der Waals surface area contributed by atoms with Crippen LogP contribution < -0.4 is 5.32 Å². The van der Waals surface area contributed by atoms with Crippen molar-refractivity contribution in [1.82, 2.24) is 15.2 Å². The summed E-state index contributed by atoms with van der Waals surface area (Å²) in [6.07, 6.45) is 9.76. The fourth-order valence-electron chi connectivity index (χ4n) is 4.09. The molecule has 1 N–H and O–H groups in total. The van der Waals surface area contributed by atoms with Gasteiger partial charge in [0.2, 0.25) is 0 Å². The average molecular weight is 328 g/mol. The van der Waals surface area contributed by atoms with Gasteiger partial charge in [0, 0.05) is 42.5 Å². The molecule has 0 atom stereocenters. The summed E-state index contributed by atoms with van der Waals surface area (Å²) in [5.41, 5.74) is 3.94. The molecule has 2 heterocycles. The molecule has 21 heavy (non-hydrogen) atoms. The van der Waals surface area contributed by atoms with Crippen molar-refractivity contribution in [3.63, 3.8) is 0 Å². The maximum Gasteiger partial charge on any atom is 0.0798 e. The molecule has 0 bridgehead atoms. The van der Waals surface area contributed by atoms with Crippen molar-refractivity contribution in [1.29, 1.82) is 0 Å². The largest absolute Gasteiger partial charge is 0.314 e. The van der Waals surface area contributed by atoms with E-state index in [0.717, 1.165) is 19.0 Å². The minimum Gasteiger partial charge on any atom is -0.314 e. The maximum absolute atomic E-state index is 4.65. The summed E-state index contributed by atoms with van der Waals surface area (Å²) in [6.45, 7) is 4.71. The average Bonchev–Trinajstić information content (AvgIpc) is 3.23. The van der Waals surface area contributed by atoms with Crippen LogP contribution in [0.15, 0.2) is 5.51 Å². The number of halogens is 1. The zero-order valence-electron chi connectivity index (χ0n) is 12.6. The van der Waals surface area contributed by atoms with Crippen molar-refractivity contribution in [3.05, 3.63) is 16.1 Å². The topological polar surface area (TPSA) is 28.2 Å². The van der Waals surface area contributed by atoms with E-state index in [2.05, 4.69) is 20.7 Å². The van der Waals surface area contributed by atoms with Gasteiger partial charge in [-0.05, 0) is 25.7 Å². The lowest BCUT2D eigenvalue weighted by Crippen LogP contribution is -2.61. The normalized spacial score (nSPS) is 25.7. The van der Waals surface area contributed by atoms with Gasteiger partial charge in [-0.3, -0.25) is 4.90 Å². The molecule has 1 saturated heterocycles. The molecule has 1 aromatic rings. The fourth-order valence-corrected chi connectivity index (χ4v) is 4.96. The Morgan fingerprint density at radius 2 is 2.10 bits per heavy atom. The van der Waals surface area contributed by atoms with Gasteiger partial charge in [0.15, 0.2) is 0 Å². The number of thiazole rings is 1. The molecule has 3 aliphatic rings. The van der Waals surface area contributed by atoms with Gasteiger partial charge < -0.3 is 5.32 Å². The summed E-state index contributed by atoms with van der Waals surface area (Å²) in [7, 11) is 0. The Kier molecular flexibility index (Phi) is 4.89. The van der Waals surface area contributed by atoms with E-state index in [9.17, 15) is 0 Å². The molecule has 2 saturated carbocycles. The Morgan fingerprint density at radius 3 is 2.86 bits per heavy atom. The highest BCUT2D eigenvalue weighted by Gasteiger charge is 2.40. The van der Waals surface area contributed by atoms with Crippen molar-refractivity contribution in [3.8, 4) is 0 Å². The van der Waals surface area contributed by atoms with Gasteiger partial charge in [0.25, 0.3) is 0 Å². The lowest BCUT2D eigenvalue weighted by atomic mass is 9.79. The number of rotatable bonds is 3. The molecular formula is C16H26ClN3S. The smallest absolute Gasteiger partial charge is 0.0798 e. The van der Waals surface area contributed by atoms with E-state index < -0.39 is 0 Å². The van der Waals surface area contributed by atoms with E-state index in [1.54, 1.807) is 4.88 Å². The van der Waals surface area contributed by atoms with Gasteiger partial charge in [0.05, 0.1) is 11.2 Å². The Hall–Kier alpha value is -0.160. The van der Waals surface area contributed by atoms with Gasteiger partial charge in [-0.2, -0.15) is 0 Å². The summed E-state index contributed by atoms with van der Waals surface area (Å²) in [6, 6.07) is 0. The Bertz CT molecular complexity index is 458. The third-order valence-corrected chi connectivity index (χ3v) is 6.27. The first kappa shape index (κ1) is 15.7. The van der Waals surface area contributed by atoms with Crippen LogP contribution in [0.1, 0.15) is 61.4 Å². The predicted octanol–water partition coefficient (Wildman–Crippen LogP) is 3.55. The molecule has 1 aliphatic heterocycles. The lowest BCUT2D eigenvalue weighted by molar-refractivity contribution is 0.0214. The van der Waals surface area contributed by atoms with Gasteiger partial charge in [-0.25, -0.2) is 4.98 Å². The second-order valence-electron chi connectivity index (χ2n) is 6.82. The Labute approximate surface area is 137 Å². The van der Waals surface area contributed by atoms with Crippen molar-refractivity contribution < 1.29 is 0 Å². The summed E-state index contributed by atoms with van der Waals surface area (Å²) in [5.74, 6) is 0.793. The van der Waals surface area contributed by atoms with E-state index in [0.29, 0.717) is 5.54 Å². The van der Waals surface area contributed by atoms with Crippen LogP contribution in [-0.4, -0.2) is 35.1 Å². The summed E-state index contributed by atoms with van der Waals surface area (Å²) in [4.78, 5) is 9.00. The summed E-state index contributed by atoms with van der Waals surface area (Å²) in [5, 5.41) is 3.65. The molecule has 0 unspecified atom stereocenters. The number of nitrogens with zero attached hydrogens (tertiary/aromatic N) is 2. The van der Waals surface area contributed by atoms with Crippen LogP contribution in [0.2, 0.25) is 0 Å². The number of hydrogen-bond acceptors (Lipinski definition) is 4. The number of aromatic nitrogens is 1. The van der Waals surface area contributed by atoms with E-state index in [1.165, 1.54) is 63.7 Å².